The van der Waals surface area contributed by atoms with Crippen molar-refractivity contribution in [2.75, 3.05) is 6.61 Å². The van der Waals surface area contributed by atoms with Gasteiger partial charge in [0.1, 0.15) is 6.10 Å². The molecule has 0 spiro atoms. The van der Waals surface area contributed by atoms with Gasteiger partial charge in [-0.15, -0.1) is 0 Å². The number of hydrogen-bond donors (Lipinski definition) is 0. The first-order valence-corrected chi connectivity index (χ1v) is 6.00. The molecule has 108 valence electrons. The molecule has 1 aromatic rings. The second kappa shape index (κ2) is 6.18. The third-order valence-electron chi connectivity index (χ3n) is 2.41. The van der Waals surface area contributed by atoms with Gasteiger partial charge in [0.25, 0.3) is 6.43 Å². The van der Waals surface area contributed by atoms with E-state index in [-0.39, 0.29) is 17.1 Å². The van der Waals surface area contributed by atoms with Crippen LogP contribution in [0.15, 0.2) is 4.52 Å². The number of hydrogen-bond acceptors (Lipinski definition) is 5. The lowest BCUT2D eigenvalue weighted by atomic mass is 9.88. The van der Waals surface area contributed by atoms with Gasteiger partial charge in [0.2, 0.25) is 17.5 Å². The standard InChI is InChI=1S/C12H18F2N2O3/c1-5-18-9(12(2,3)4)11-15-8(19-16-11)6-7(17)10(13)14/h9-10H,5-6H2,1-4H3. The van der Waals surface area contributed by atoms with Crippen LogP contribution in [0.5, 0.6) is 0 Å². The van der Waals surface area contributed by atoms with Crippen LogP contribution in [-0.4, -0.2) is 29.0 Å². The Hall–Kier alpha value is -1.37. The minimum atomic E-state index is -3.03. The molecule has 0 saturated heterocycles. The van der Waals surface area contributed by atoms with Crippen molar-refractivity contribution in [3.05, 3.63) is 11.7 Å². The van der Waals surface area contributed by atoms with Gasteiger partial charge in [-0.25, -0.2) is 8.78 Å². The molecule has 1 atom stereocenters. The van der Waals surface area contributed by atoms with Gasteiger partial charge in [-0.2, -0.15) is 4.98 Å². The Morgan fingerprint density at radius 2 is 2.05 bits per heavy atom. The van der Waals surface area contributed by atoms with E-state index in [0.29, 0.717) is 6.61 Å². The number of halogens is 2. The predicted octanol–water partition coefficient (Wildman–Crippen LogP) is 2.57. The molecule has 5 nitrogen and oxygen atoms in total. The van der Waals surface area contributed by atoms with Crippen LogP contribution in [0.1, 0.15) is 45.5 Å². The molecule has 0 bridgehead atoms. The van der Waals surface area contributed by atoms with Crippen molar-refractivity contribution in [1.29, 1.82) is 0 Å². The number of carbonyl (C=O) groups is 1. The van der Waals surface area contributed by atoms with E-state index in [0.717, 1.165) is 0 Å². The summed E-state index contributed by atoms with van der Waals surface area (Å²) >= 11 is 0. The first kappa shape index (κ1) is 15.7. The summed E-state index contributed by atoms with van der Waals surface area (Å²) in [7, 11) is 0. The molecule has 1 rings (SSSR count). The van der Waals surface area contributed by atoms with E-state index in [9.17, 15) is 13.6 Å². The number of alkyl halides is 2. The highest BCUT2D eigenvalue weighted by molar-refractivity contribution is 5.82. The molecule has 0 aliphatic rings. The summed E-state index contributed by atoms with van der Waals surface area (Å²) in [5, 5.41) is 3.71. The number of carbonyl (C=O) groups excluding carboxylic acids is 1. The summed E-state index contributed by atoms with van der Waals surface area (Å²) in [4.78, 5) is 14.9. The van der Waals surface area contributed by atoms with E-state index in [1.165, 1.54) is 0 Å². The number of ether oxygens (including phenoxy) is 1. The van der Waals surface area contributed by atoms with Crippen LogP contribution in [0, 0.1) is 5.41 Å². The van der Waals surface area contributed by atoms with E-state index in [1.54, 1.807) is 0 Å². The molecule has 0 N–H and O–H groups in total. The number of ketones is 1. The lowest BCUT2D eigenvalue weighted by molar-refractivity contribution is -0.129. The van der Waals surface area contributed by atoms with Crippen molar-refractivity contribution < 1.29 is 22.8 Å². The van der Waals surface area contributed by atoms with Crippen LogP contribution >= 0.6 is 0 Å². The molecule has 0 saturated carbocycles. The molecular weight excluding hydrogens is 258 g/mol. The smallest absolute Gasteiger partial charge is 0.296 e. The zero-order valence-electron chi connectivity index (χ0n) is 11.4. The second-order valence-electron chi connectivity index (χ2n) is 5.19. The summed E-state index contributed by atoms with van der Waals surface area (Å²) < 4.78 is 34.6. The average Bonchev–Trinajstić information content (AvgIpc) is 2.72. The second-order valence-corrected chi connectivity index (χ2v) is 5.19. The van der Waals surface area contributed by atoms with Crippen molar-refractivity contribution >= 4 is 5.78 Å². The van der Waals surface area contributed by atoms with E-state index in [1.807, 2.05) is 27.7 Å². The summed E-state index contributed by atoms with van der Waals surface area (Å²) in [6.45, 7) is 8.11. The minimum absolute atomic E-state index is 0.116. The third kappa shape index (κ3) is 4.34. The van der Waals surface area contributed by atoms with Gasteiger partial charge in [0.05, 0.1) is 6.42 Å². The molecule has 0 fully saturated rings. The SMILES string of the molecule is CCOC(c1noc(CC(=O)C(F)F)n1)C(C)(C)C. The van der Waals surface area contributed by atoms with Crippen LogP contribution in [0.2, 0.25) is 0 Å². The number of Topliss-reactive ketones (excluding diaryl/α,β-unsaturated/α-hetero) is 1. The summed E-state index contributed by atoms with van der Waals surface area (Å²) in [6.07, 6.45) is -4.01. The van der Waals surface area contributed by atoms with Gasteiger partial charge in [0.15, 0.2) is 0 Å². The fourth-order valence-electron chi connectivity index (χ4n) is 1.55. The highest BCUT2D eigenvalue weighted by Crippen LogP contribution is 2.34. The maximum Gasteiger partial charge on any atom is 0.296 e. The van der Waals surface area contributed by atoms with Crippen molar-refractivity contribution in [2.45, 2.75) is 46.6 Å². The third-order valence-corrected chi connectivity index (χ3v) is 2.41. The molecule has 0 amide bonds. The Morgan fingerprint density at radius 3 is 2.53 bits per heavy atom. The molecule has 0 aliphatic heterocycles. The van der Waals surface area contributed by atoms with Crippen molar-refractivity contribution in [3.63, 3.8) is 0 Å². The van der Waals surface area contributed by atoms with Crippen molar-refractivity contribution in [3.8, 4) is 0 Å². The van der Waals surface area contributed by atoms with E-state index in [4.69, 9.17) is 9.26 Å². The van der Waals surface area contributed by atoms with Gasteiger partial charge < -0.3 is 9.26 Å². The van der Waals surface area contributed by atoms with Gasteiger partial charge in [-0.3, -0.25) is 4.79 Å². The van der Waals surface area contributed by atoms with Crippen LogP contribution in [-0.2, 0) is 16.0 Å². The number of aromatic nitrogens is 2. The van der Waals surface area contributed by atoms with E-state index in [2.05, 4.69) is 10.1 Å². The lowest BCUT2D eigenvalue weighted by Gasteiger charge is -2.27. The monoisotopic (exact) mass is 276 g/mol. The predicted molar refractivity (Wildman–Crippen MR) is 62.8 cm³/mol. The van der Waals surface area contributed by atoms with Gasteiger partial charge in [-0.1, -0.05) is 25.9 Å². The largest absolute Gasteiger partial charge is 0.370 e. The normalized spacial score (nSPS) is 13.8. The quantitative estimate of drug-likeness (QED) is 0.799. The Labute approximate surface area is 110 Å². The molecule has 0 aliphatic carbocycles. The average molecular weight is 276 g/mol. The van der Waals surface area contributed by atoms with E-state index >= 15 is 0 Å². The zero-order chi connectivity index (χ0) is 14.6. The lowest BCUT2D eigenvalue weighted by Crippen LogP contribution is -2.22. The molecule has 7 heteroatoms. The van der Waals surface area contributed by atoms with Crippen LogP contribution < -0.4 is 0 Å². The van der Waals surface area contributed by atoms with Gasteiger partial charge in [-0.05, 0) is 12.3 Å². The fourth-order valence-corrected chi connectivity index (χ4v) is 1.55. The highest BCUT2D eigenvalue weighted by atomic mass is 19.3. The van der Waals surface area contributed by atoms with Gasteiger partial charge in [0, 0.05) is 6.61 Å². The van der Waals surface area contributed by atoms with Gasteiger partial charge >= 0.3 is 0 Å². The maximum atomic E-state index is 12.1. The zero-order valence-corrected chi connectivity index (χ0v) is 11.4. The van der Waals surface area contributed by atoms with Crippen LogP contribution in [0.25, 0.3) is 0 Å². The van der Waals surface area contributed by atoms with E-state index < -0.39 is 24.7 Å². The van der Waals surface area contributed by atoms with Crippen LogP contribution in [0.3, 0.4) is 0 Å². The molecule has 1 heterocycles. The maximum absolute atomic E-state index is 12.1. The Morgan fingerprint density at radius 1 is 1.42 bits per heavy atom. The topological polar surface area (TPSA) is 65.2 Å². The molecule has 0 radical (unpaired) electrons. The van der Waals surface area contributed by atoms with Crippen molar-refractivity contribution in [1.82, 2.24) is 10.1 Å². The summed E-state index contributed by atoms with van der Waals surface area (Å²) in [5.74, 6) is -1.08. The molecule has 19 heavy (non-hydrogen) atoms. The summed E-state index contributed by atoms with van der Waals surface area (Å²) in [6, 6.07) is 0. The Balaban J connectivity index is 2.85. The molecule has 1 unspecified atom stereocenters. The summed E-state index contributed by atoms with van der Waals surface area (Å²) in [5.41, 5.74) is -0.274. The number of nitrogens with zero attached hydrogens (tertiary/aromatic N) is 2. The molecular formula is C12H18F2N2O3. The van der Waals surface area contributed by atoms with Crippen LogP contribution in [0.4, 0.5) is 8.78 Å². The Kier molecular flexibility index (Phi) is 5.11. The highest BCUT2D eigenvalue weighted by Gasteiger charge is 2.31. The first-order valence-electron chi connectivity index (χ1n) is 6.00. The molecule has 1 aromatic heterocycles. The van der Waals surface area contributed by atoms with Crippen molar-refractivity contribution in [2.24, 2.45) is 5.41 Å². The first-order chi connectivity index (χ1) is 8.75. The number of rotatable bonds is 6. The fraction of sp³-hybridized carbons (Fsp3) is 0.750. The minimum Gasteiger partial charge on any atom is -0.370 e. The molecule has 0 aromatic carbocycles. The Bertz CT molecular complexity index is 427.